The van der Waals surface area contributed by atoms with Gasteiger partial charge in [0.2, 0.25) is 5.91 Å². The fraction of sp³-hybridized carbons (Fsp3) is 0.111. The second-order valence-corrected chi connectivity index (χ2v) is 9.04. The first-order chi connectivity index (χ1) is 17.9. The van der Waals surface area contributed by atoms with E-state index in [1.54, 1.807) is 42.5 Å². The topological polar surface area (TPSA) is 106 Å². The molecule has 184 valence electrons. The van der Waals surface area contributed by atoms with Crippen molar-refractivity contribution in [3.05, 3.63) is 112 Å². The van der Waals surface area contributed by atoms with Gasteiger partial charge in [-0.25, -0.2) is 9.96 Å². The van der Waals surface area contributed by atoms with E-state index in [1.807, 2.05) is 30.3 Å². The summed E-state index contributed by atoms with van der Waals surface area (Å²) in [4.78, 5) is 44.8. The summed E-state index contributed by atoms with van der Waals surface area (Å²) in [6.07, 6.45) is -1.03. The number of nitro groups is 1. The van der Waals surface area contributed by atoms with Crippen LogP contribution < -0.4 is 9.96 Å². The zero-order chi connectivity index (χ0) is 25.7. The molecule has 10 heteroatoms. The number of anilines is 2. The van der Waals surface area contributed by atoms with E-state index in [0.717, 1.165) is 4.90 Å². The van der Waals surface area contributed by atoms with Gasteiger partial charge in [0.05, 0.1) is 21.3 Å². The van der Waals surface area contributed by atoms with E-state index < -0.39 is 34.8 Å². The minimum atomic E-state index is -1.03. The summed E-state index contributed by atoms with van der Waals surface area (Å²) < 4.78 is 6.16. The number of carbonyl (C=O) groups excluding carboxylic acids is 2. The normalized spacial score (nSPS) is 20.9. The van der Waals surface area contributed by atoms with Crippen LogP contribution in [-0.4, -0.2) is 22.8 Å². The number of nitrogens with zero attached hydrogens (tertiary/aromatic N) is 3. The largest absolute Gasteiger partial charge is 0.459 e. The van der Waals surface area contributed by atoms with Gasteiger partial charge < -0.3 is 4.42 Å². The maximum atomic E-state index is 13.7. The molecule has 0 N–H and O–H groups in total. The average Bonchev–Trinajstić information content (AvgIpc) is 3.60. The van der Waals surface area contributed by atoms with Gasteiger partial charge in [-0.05, 0) is 42.5 Å². The van der Waals surface area contributed by atoms with Gasteiger partial charge in [0.25, 0.3) is 11.6 Å². The van der Waals surface area contributed by atoms with Crippen LogP contribution in [-0.2, 0) is 14.4 Å². The third kappa shape index (κ3) is 3.76. The summed E-state index contributed by atoms with van der Waals surface area (Å²) in [7, 11) is 0. The van der Waals surface area contributed by atoms with Crippen molar-refractivity contribution >= 4 is 40.5 Å². The number of benzene rings is 3. The molecule has 0 bridgehead atoms. The highest BCUT2D eigenvalue weighted by atomic mass is 35.5. The summed E-state index contributed by atoms with van der Waals surface area (Å²) in [6, 6.07) is 24.6. The van der Waals surface area contributed by atoms with E-state index in [-0.39, 0.29) is 10.7 Å². The third-order valence-electron chi connectivity index (χ3n) is 6.49. The zero-order valence-electron chi connectivity index (χ0n) is 19.1. The lowest BCUT2D eigenvalue weighted by Crippen LogP contribution is -2.37. The number of hydrogen-bond donors (Lipinski definition) is 0. The van der Waals surface area contributed by atoms with E-state index in [9.17, 15) is 19.7 Å². The first-order valence-corrected chi connectivity index (χ1v) is 11.8. The van der Waals surface area contributed by atoms with Crippen LogP contribution in [0.25, 0.3) is 11.3 Å². The predicted molar refractivity (Wildman–Crippen MR) is 135 cm³/mol. The van der Waals surface area contributed by atoms with Crippen molar-refractivity contribution in [3.63, 3.8) is 0 Å². The summed E-state index contributed by atoms with van der Waals surface area (Å²) in [5.41, 5.74) is 1.44. The SMILES string of the molecule is O=C1[C@H]2[C@@H](ON(c3ccccc3)[C@H]2c2ccc(-c3ccc([N+](=O)[O-])cc3Cl)o2)C(=O)N1c1ccccc1. The molecule has 2 fully saturated rings. The summed E-state index contributed by atoms with van der Waals surface area (Å²) in [5, 5.41) is 12.8. The van der Waals surface area contributed by atoms with Gasteiger partial charge in [-0.1, -0.05) is 48.0 Å². The fourth-order valence-corrected chi connectivity index (χ4v) is 5.08. The van der Waals surface area contributed by atoms with E-state index in [1.165, 1.54) is 23.3 Å². The third-order valence-corrected chi connectivity index (χ3v) is 6.80. The summed E-state index contributed by atoms with van der Waals surface area (Å²) >= 11 is 6.31. The molecule has 0 saturated carbocycles. The molecule has 2 saturated heterocycles. The Hall–Kier alpha value is -4.47. The summed E-state index contributed by atoms with van der Waals surface area (Å²) in [5.74, 6) is -0.954. The number of hydroxylamine groups is 1. The number of hydrogen-bond acceptors (Lipinski definition) is 7. The maximum absolute atomic E-state index is 13.7. The monoisotopic (exact) mass is 515 g/mol. The first kappa shape index (κ1) is 23.0. The first-order valence-electron chi connectivity index (χ1n) is 11.4. The Morgan fingerprint density at radius 2 is 1.51 bits per heavy atom. The number of nitro benzene ring substituents is 1. The van der Waals surface area contributed by atoms with Crippen LogP contribution in [0.5, 0.6) is 0 Å². The second kappa shape index (κ2) is 8.88. The number of halogens is 1. The molecular formula is C27H18ClN3O6. The molecule has 37 heavy (non-hydrogen) atoms. The molecule has 2 aliphatic heterocycles. The molecule has 4 aromatic rings. The molecule has 3 atom stereocenters. The van der Waals surface area contributed by atoms with Crippen LogP contribution in [0.2, 0.25) is 5.02 Å². The highest BCUT2D eigenvalue weighted by Crippen LogP contribution is 2.48. The minimum Gasteiger partial charge on any atom is -0.459 e. The molecular weight excluding hydrogens is 498 g/mol. The lowest BCUT2D eigenvalue weighted by molar-refractivity contribution is -0.384. The molecule has 0 radical (unpaired) electrons. The Bertz CT molecular complexity index is 1520. The number of fused-ring (bicyclic) bond motifs is 1. The van der Waals surface area contributed by atoms with Crippen molar-refractivity contribution in [3.8, 4) is 11.3 Å². The molecule has 2 amide bonds. The second-order valence-electron chi connectivity index (χ2n) is 8.63. The van der Waals surface area contributed by atoms with Gasteiger partial charge in [0, 0.05) is 17.7 Å². The van der Waals surface area contributed by atoms with Gasteiger partial charge in [-0.15, -0.1) is 0 Å². The molecule has 0 unspecified atom stereocenters. The van der Waals surface area contributed by atoms with Crippen LogP contribution >= 0.6 is 11.6 Å². The predicted octanol–water partition coefficient (Wildman–Crippen LogP) is 5.56. The van der Waals surface area contributed by atoms with Gasteiger partial charge in [0.1, 0.15) is 23.5 Å². The van der Waals surface area contributed by atoms with Crippen molar-refractivity contribution in [1.29, 1.82) is 0 Å². The van der Waals surface area contributed by atoms with Crippen LogP contribution in [0.4, 0.5) is 17.1 Å². The number of imide groups is 1. The quantitative estimate of drug-likeness (QED) is 0.194. The minimum absolute atomic E-state index is 0.140. The highest BCUT2D eigenvalue weighted by molar-refractivity contribution is 6.33. The fourth-order valence-electron chi connectivity index (χ4n) is 4.81. The number of rotatable bonds is 5. The van der Waals surface area contributed by atoms with Crippen molar-refractivity contribution in [2.75, 3.05) is 9.96 Å². The van der Waals surface area contributed by atoms with Crippen LogP contribution in [0.15, 0.2) is 95.4 Å². The van der Waals surface area contributed by atoms with Crippen molar-refractivity contribution in [1.82, 2.24) is 0 Å². The number of amides is 2. The Labute approximate surface area is 215 Å². The van der Waals surface area contributed by atoms with Crippen molar-refractivity contribution in [2.24, 2.45) is 5.92 Å². The maximum Gasteiger partial charge on any atom is 0.270 e. The van der Waals surface area contributed by atoms with E-state index in [4.69, 9.17) is 20.9 Å². The zero-order valence-corrected chi connectivity index (χ0v) is 19.8. The molecule has 0 spiro atoms. The van der Waals surface area contributed by atoms with Gasteiger partial charge >= 0.3 is 0 Å². The standard InChI is InChI=1S/C27H18ClN3O6/c28-20-15-18(31(34)35)11-12-19(20)21-13-14-22(36-21)24-23-25(37-30(24)17-9-5-2-6-10-17)27(33)29(26(23)32)16-7-3-1-4-8-16/h1-15,23-25H/t23-,24+,25-/m1/s1. The van der Waals surface area contributed by atoms with Crippen LogP contribution in [0.1, 0.15) is 11.8 Å². The lowest BCUT2D eigenvalue weighted by atomic mass is 9.94. The van der Waals surface area contributed by atoms with Crippen molar-refractivity contribution < 1.29 is 23.8 Å². The van der Waals surface area contributed by atoms with Crippen molar-refractivity contribution in [2.45, 2.75) is 12.1 Å². The number of furan rings is 1. The number of carbonyl (C=O) groups is 2. The highest BCUT2D eigenvalue weighted by Gasteiger charge is 2.61. The molecule has 2 aliphatic rings. The van der Waals surface area contributed by atoms with E-state index >= 15 is 0 Å². The van der Waals surface area contributed by atoms with Crippen LogP contribution in [0, 0.1) is 16.0 Å². The van der Waals surface area contributed by atoms with Crippen LogP contribution in [0.3, 0.4) is 0 Å². The van der Waals surface area contributed by atoms with Gasteiger partial charge in [-0.3, -0.25) is 24.5 Å². The van der Waals surface area contributed by atoms with Gasteiger partial charge in [0.15, 0.2) is 6.10 Å². The average molecular weight is 516 g/mol. The molecule has 1 aromatic heterocycles. The Kier molecular flexibility index (Phi) is 5.51. The smallest absolute Gasteiger partial charge is 0.270 e. The molecule has 3 heterocycles. The van der Waals surface area contributed by atoms with E-state index in [2.05, 4.69) is 0 Å². The molecule has 6 rings (SSSR count). The lowest BCUT2D eigenvalue weighted by Gasteiger charge is -2.27. The number of non-ortho nitro benzene ring substituents is 1. The molecule has 0 aliphatic carbocycles. The molecule has 9 nitrogen and oxygen atoms in total. The van der Waals surface area contributed by atoms with E-state index in [0.29, 0.717) is 28.5 Å². The molecule has 3 aromatic carbocycles. The Balaban J connectivity index is 1.41. The van der Waals surface area contributed by atoms with Gasteiger partial charge in [-0.2, -0.15) is 0 Å². The Morgan fingerprint density at radius 1 is 0.838 bits per heavy atom. The summed E-state index contributed by atoms with van der Waals surface area (Å²) in [6.45, 7) is 0. The Morgan fingerprint density at radius 3 is 2.16 bits per heavy atom. The number of para-hydroxylation sites is 2.